The zero-order valence-electron chi connectivity index (χ0n) is 17.8. The average molecular weight is 441 g/mol. The molecular formula is C21H33FN4O3S. The van der Waals surface area contributed by atoms with Crippen LogP contribution in [0.4, 0.5) is 4.39 Å². The summed E-state index contributed by atoms with van der Waals surface area (Å²) in [5.41, 5.74) is 1.07. The van der Waals surface area contributed by atoms with Crippen molar-refractivity contribution in [2.24, 2.45) is 10.9 Å². The number of rotatable bonds is 10. The Kier molecular flexibility index (Phi) is 9.55. The Hall–Kier alpha value is -2.16. The predicted molar refractivity (Wildman–Crippen MR) is 117 cm³/mol. The number of carbonyl (C=O) groups excluding carboxylic acids is 1. The van der Waals surface area contributed by atoms with Gasteiger partial charge in [0, 0.05) is 32.3 Å². The minimum atomic E-state index is -3.24. The number of nitrogens with one attached hydrogen (secondary N) is 3. The maximum Gasteiger partial charge on any atom is 0.220 e. The number of guanidine groups is 1. The topological polar surface area (TPSA) is 99.7 Å². The third kappa shape index (κ3) is 9.11. The predicted octanol–water partition coefficient (Wildman–Crippen LogP) is 2.12. The lowest BCUT2D eigenvalue weighted by atomic mass is 10.0. The fourth-order valence-corrected chi connectivity index (χ4v) is 4.45. The lowest BCUT2D eigenvalue weighted by molar-refractivity contribution is -0.121. The molecule has 0 aromatic heterocycles. The van der Waals surface area contributed by atoms with Crippen LogP contribution in [0, 0.1) is 11.7 Å². The molecule has 0 atom stereocenters. The van der Waals surface area contributed by atoms with Crippen molar-refractivity contribution in [1.29, 1.82) is 0 Å². The molecule has 0 aliphatic heterocycles. The number of hydrogen-bond acceptors (Lipinski definition) is 4. The van der Waals surface area contributed by atoms with E-state index in [1.165, 1.54) is 31.0 Å². The molecule has 0 saturated heterocycles. The Balaban J connectivity index is 1.88. The molecule has 1 amide bonds. The van der Waals surface area contributed by atoms with Crippen LogP contribution in [0.15, 0.2) is 23.2 Å². The van der Waals surface area contributed by atoms with Crippen LogP contribution in [-0.2, 0) is 26.9 Å². The van der Waals surface area contributed by atoms with Gasteiger partial charge in [0.1, 0.15) is 5.82 Å². The number of carbonyl (C=O) groups is 1. The third-order valence-corrected chi connectivity index (χ3v) is 5.86. The van der Waals surface area contributed by atoms with Gasteiger partial charge in [-0.1, -0.05) is 18.9 Å². The number of halogens is 1. The van der Waals surface area contributed by atoms with E-state index >= 15 is 0 Å². The zero-order valence-corrected chi connectivity index (χ0v) is 18.7. The van der Waals surface area contributed by atoms with Crippen LogP contribution in [0.3, 0.4) is 0 Å². The van der Waals surface area contributed by atoms with Crippen molar-refractivity contribution in [3.05, 3.63) is 35.1 Å². The van der Waals surface area contributed by atoms with Gasteiger partial charge in [0.2, 0.25) is 5.91 Å². The molecule has 1 aromatic carbocycles. The number of amides is 1. The summed E-state index contributed by atoms with van der Waals surface area (Å²) in [6.45, 7) is 3.69. The van der Waals surface area contributed by atoms with E-state index in [9.17, 15) is 17.6 Å². The Bertz CT molecular complexity index is 837. The summed E-state index contributed by atoms with van der Waals surface area (Å²) in [5, 5.41) is 9.15. The first-order valence-electron chi connectivity index (χ1n) is 10.5. The van der Waals surface area contributed by atoms with E-state index in [0.29, 0.717) is 49.1 Å². The summed E-state index contributed by atoms with van der Waals surface area (Å²) < 4.78 is 36.9. The Labute approximate surface area is 178 Å². The third-order valence-electron chi connectivity index (χ3n) is 5.03. The van der Waals surface area contributed by atoms with Gasteiger partial charge in [-0.15, -0.1) is 0 Å². The molecule has 0 heterocycles. The Morgan fingerprint density at radius 3 is 2.50 bits per heavy atom. The molecule has 9 heteroatoms. The summed E-state index contributed by atoms with van der Waals surface area (Å²) >= 11 is 0. The molecule has 7 nitrogen and oxygen atoms in total. The van der Waals surface area contributed by atoms with E-state index in [0.717, 1.165) is 19.1 Å². The van der Waals surface area contributed by atoms with Crippen molar-refractivity contribution >= 4 is 21.7 Å². The first-order valence-corrected chi connectivity index (χ1v) is 12.6. The molecule has 168 valence electrons. The van der Waals surface area contributed by atoms with E-state index in [2.05, 4.69) is 20.9 Å². The molecule has 1 aliphatic rings. The summed E-state index contributed by atoms with van der Waals surface area (Å²) in [7, 11) is -3.24. The second-order valence-electron chi connectivity index (χ2n) is 7.81. The van der Waals surface area contributed by atoms with Crippen LogP contribution >= 0.6 is 0 Å². The molecule has 1 saturated carbocycles. The molecule has 0 spiro atoms. The van der Waals surface area contributed by atoms with E-state index in [4.69, 9.17) is 0 Å². The van der Waals surface area contributed by atoms with Gasteiger partial charge in [-0.2, -0.15) is 0 Å². The first kappa shape index (κ1) is 24.1. The fraction of sp³-hybridized carbons (Fsp3) is 0.619. The zero-order chi connectivity index (χ0) is 22.0. The lowest BCUT2D eigenvalue weighted by Crippen LogP contribution is -2.41. The van der Waals surface area contributed by atoms with Crippen molar-refractivity contribution < 1.29 is 17.6 Å². The van der Waals surface area contributed by atoms with Gasteiger partial charge in [-0.3, -0.25) is 4.79 Å². The Morgan fingerprint density at radius 1 is 1.13 bits per heavy atom. The molecule has 2 rings (SSSR count). The summed E-state index contributed by atoms with van der Waals surface area (Å²) in [6, 6.07) is 4.06. The smallest absolute Gasteiger partial charge is 0.220 e. The molecule has 1 fully saturated rings. The van der Waals surface area contributed by atoms with E-state index in [1.807, 2.05) is 6.92 Å². The highest BCUT2D eigenvalue weighted by Crippen LogP contribution is 2.27. The Morgan fingerprint density at radius 2 is 1.83 bits per heavy atom. The number of aliphatic imine (C=N–C) groups is 1. The van der Waals surface area contributed by atoms with Crippen LogP contribution in [-0.4, -0.2) is 46.2 Å². The van der Waals surface area contributed by atoms with Crippen molar-refractivity contribution in [1.82, 2.24) is 16.0 Å². The minimum Gasteiger partial charge on any atom is -0.357 e. The molecule has 0 bridgehead atoms. The highest BCUT2D eigenvalue weighted by Gasteiger charge is 2.18. The van der Waals surface area contributed by atoms with Crippen molar-refractivity contribution in [3.8, 4) is 0 Å². The standard InChI is InChI=1S/C21H33FN4O3S/c1-3-23-21(25-11-10-24-20(27)12-16-6-4-5-7-16)26-14-18-13-19(22)9-8-17(18)15-30(2,28)29/h8-9,13,16H,3-7,10-12,14-15H2,1-2H3,(H,24,27)(H2,23,25,26). The van der Waals surface area contributed by atoms with Crippen LogP contribution < -0.4 is 16.0 Å². The van der Waals surface area contributed by atoms with Gasteiger partial charge >= 0.3 is 0 Å². The normalized spacial score (nSPS) is 15.2. The maximum atomic E-state index is 13.7. The fourth-order valence-electron chi connectivity index (χ4n) is 3.60. The molecule has 0 radical (unpaired) electrons. The molecule has 1 aromatic rings. The second kappa shape index (κ2) is 11.9. The average Bonchev–Trinajstić information content (AvgIpc) is 3.17. The monoisotopic (exact) mass is 440 g/mol. The number of hydrogen-bond donors (Lipinski definition) is 3. The van der Waals surface area contributed by atoms with Crippen LogP contribution in [0.5, 0.6) is 0 Å². The van der Waals surface area contributed by atoms with Gasteiger partial charge in [-0.25, -0.2) is 17.8 Å². The molecule has 3 N–H and O–H groups in total. The van der Waals surface area contributed by atoms with E-state index in [1.54, 1.807) is 0 Å². The molecule has 30 heavy (non-hydrogen) atoms. The highest BCUT2D eigenvalue weighted by atomic mass is 32.2. The lowest BCUT2D eigenvalue weighted by Gasteiger charge is -2.13. The second-order valence-corrected chi connectivity index (χ2v) is 9.95. The maximum absolute atomic E-state index is 13.7. The minimum absolute atomic E-state index is 0.0795. The van der Waals surface area contributed by atoms with Crippen LogP contribution in [0.2, 0.25) is 0 Å². The van der Waals surface area contributed by atoms with Crippen LogP contribution in [0.1, 0.15) is 50.2 Å². The van der Waals surface area contributed by atoms with Crippen molar-refractivity contribution in [2.45, 2.75) is 51.3 Å². The van der Waals surface area contributed by atoms with Gasteiger partial charge in [0.15, 0.2) is 15.8 Å². The van der Waals surface area contributed by atoms with Crippen molar-refractivity contribution in [2.75, 3.05) is 25.9 Å². The first-order chi connectivity index (χ1) is 14.3. The van der Waals surface area contributed by atoms with Gasteiger partial charge in [0.25, 0.3) is 0 Å². The van der Waals surface area contributed by atoms with Gasteiger partial charge < -0.3 is 16.0 Å². The van der Waals surface area contributed by atoms with Gasteiger partial charge in [0.05, 0.1) is 12.3 Å². The van der Waals surface area contributed by atoms with E-state index in [-0.39, 0.29) is 18.2 Å². The summed E-state index contributed by atoms with van der Waals surface area (Å²) in [6.07, 6.45) is 6.47. The number of sulfone groups is 1. The van der Waals surface area contributed by atoms with Crippen LogP contribution in [0.25, 0.3) is 0 Å². The SMILES string of the molecule is CCNC(=NCc1cc(F)ccc1CS(C)(=O)=O)NCCNC(=O)CC1CCCC1. The molecular weight excluding hydrogens is 407 g/mol. The van der Waals surface area contributed by atoms with Gasteiger partial charge in [-0.05, 0) is 48.9 Å². The summed E-state index contributed by atoms with van der Waals surface area (Å²) in [5.74, 6) is 0.535. The largest absolute Gasteiger partial charge is 0.357 e. The highest BCUT2D eigenvalue weighted by molar-refractivity contribution is 7.89. The number of benzene rings is 1. The number of nitrogens with zero attached hydrogens (tertiary/aromatic N) is 1. The quantitative estimate of drug-likeness (QED) is 0.294. The summed E-state index contributed by atoms with van der Waals surface area (Å²) in [4.78, 5) is 16.4. The molecule has 0 unspecified atom stereocenters. The molecule has 1 aliphatic carbocycles. The van der Waals surface area contributed by atoms with E-state index < -0.39 is 15.7 Å². The van der Waals surface area contributed by atoms with Crippen molar-refractivity contribution in [3.63, 3.8) is 0 Å².